The monoisotopic (exact) mass is 251 g/mol. The summed E-state index contributed by atoms with van der Waals surface area (Å²) in [6, 6.07) is 2.49. The van der Waals surface area contributed by atoms with Crippen molar-refractivity contribution in [3.8, 4) is 0 Å². The molecular weight excluding hydrogens is 230 g/mol. The van der Waals surface area contributed by atoms with E-state index in [0.29, 0.717) is 6.04 Å². The number of hydrogen-bond acceptors (Lipinski definition) is 3. The maximum absolute atomic E-state index is 10.7. The first kappa shape index (κ1) is 13.1. The van der Waals surface area contributed by atoms with Crippen LogP contribution in [-0.2, 0) is 4.79 Å². The van der Waals surface area contributed by atoms with Crippen molar-refractivity contribution in [1.29, 1.82) is 0 Å². The van der Waals surface area contributed by atoms with Gasteiger partial charge in [-0.15, -0.1) is 0 Å². The first-order valence-electron chi connectivity index (χ1n) is 6.47. The molecule has 0 amide bonds. The van der Waals surface area contributed by atoms with Crippen molar-refractivity contribution in [1.82, 2.24) is 14.8 Å². The minimum Gasteiger partial charge on any atom is -0.480 e. The van der Waals surface area contributed by atoms with Gasteiger partial charge in [0.25, 0.3) is 0 Å². The number of H-pyrrole nitrogens is 1. The number of aromatic amines is 1. The summed E-state index contributed by atoms with van der Waals surface area (Å²) in [7, 11) is 0. The fraction of sp³-hybridized carbons (Fsp3) is 0.615. The molecule has 0 spiro atoms. The molecule has 0 aromatic carbocycles. The van der Waals surface area contributed by atoms with Crippen molar-refractivity contribution in [2.24, 2.45) is 0 Å². The van der Waals surface area contributed by atoms with Gasteiger partial charge in [-0.3, -0.25) is 14.6 Å². The van der Waals surface area contributed by atoms with Crippen LogP contribution in [0.15, 0.2) is 18.5 Å². The van der Waals surface area contributed by atoms with Crippen LogP contribution in [0.25, 0.3) is 0 Å². The lowest BCUT2D eigenvalue weighted by molar-refractivity contribution is -0.138. The number of nitrogens with zero attached hydrogens (tertiary/aromatic N) is 2. The molecule has 5 nitrogen and oxygen atoms in total. The summed E-state index contributed by atoms with van der Waals surface area (Å²) in [5, 5.41) is 8.82. The second-order valence-electron chi connectivity index (χ2n) is 4.88. The Morgan fingerprint density at radius 3 is 2.94 bits per heavy atom. The molecule has 1 aromatic rings. The number of carboxylic acid groups (broad SMARTS) is 1. The van der Waals surface area contributed by atoms with E-state index in [0.717, 1.165) is 32.6 Å². The Morgan fingerprint density at radius 1 is 1.44 bits per heavy atom. The highest BCUT2D eigenvalue weighted by atomic mass is 16.4. The van der Waals surface area contributed by atoms with Crippen LogP contribution in [0, 0.1) is 0 Å². The summed E-state index contributed by atoms with van der Waals surface area (Å²) in [5.41, 5.74) is 1.29. The van der Waals surface area contributed by atoms with E-state index in [9.17, 15) is 4.79 Å². The lowest BCUT2D eigenvalue weighted by Gasteiger charge is -2.27. The lowest BCUT2D eigenvalue weighted by atomic mass is 10.1. The molecule has 1 aromatic heterocycles. The number of carboxylic acids is 1. The highest BCUT2D eigenvalue weighted by Crippen LogP contribution is 2.20. The molecule has 1 unspecified atom stereocenters. The third-order valence-electron chi connectivity index (χ3n) is 3.63. The van der Waals surface area contributed by atoms with Gasteiger partial charge < -0.3 is 10.1 Å². The van der Waals surface area contributed by atoms with E-state index < -0.39 is 5.97 Å². The van der Waals surface area contributed by atoms with Gasteiger partial charge >= 0.3 is 5.97 Å². The first-order chi connectivity index (χ1) is 8.66. The van der Waals surface area contributed by atoms with Gasteiger partial charge in [-0.05, 0) is 25.0 Å². The minimum atomic E-state index is -0.734. The Bertz CT molecular complexity index is 378. The molecule has 1 saturated heterocycles. The Hall–Kier alpha value is -1.33. The van der Waals surface area contributed by atoms with Crippen molar-refractivity contribution in [3.05, 3.63) is 24.0 Å². The van der Waals surface area contributed by atoms with Crippen LogP contribution in [0.4, 0.5) is 0 Å². The zero-order valence-electron chi connectivity index (χ0n) is 10.8. The third-order valence-corrected chi connectivity index (χ3v) is 3.63. The highest BCUT2D eigenvalue weighted by molar-refractivity contribution is 5.69. The molecule has 0 radical (unpaired) electrons. The van der Waals surface area contributed by atoms with Crippen molar-refractivity contribution >= 4 is 5.97 Å². The van der Waals surface area contributed by atoms with Crippen molar-refractivity contribution in [3.63, 3.8) is 0 Å². The van der Waals surface area contributed by atoms with E-state index in [1.165, 1.54) is 5.56 Å². The lowest BCUT2D eigenvalue weighted by Crippen LogP contribution is -2.34. The topological polar surface area (TPSA) is 59.6 Å². The van der Waals surface area contributed by atoms with E-state index in [-0.39, 0.29) is 6.54 Å². The summed E-state index contributed by atoms with van der Waals surface area (Å²) in [5.74, 6) is -0.734. The van der Waals surface area contributed by atoms with Crippen molar-refractivity contribution in [2.45, 2.75) is 19.4 Å². The van der Waals surface area contributed by atoms with E-state index in [4.69, 9.17) is 5.11 Å². The smallest absolute Gasteiger partial charge is 0.317 e. The normalized spacial score (nSPS) is 20.5. The summed E-state index contributed by atoms with van der Waals surface area (Å²) >= 11 is 0. The van der Waals surface area contributed by atoms with Gasteiger partial charge in [0.15, 0.2) is 0 Å². The van der Waals surface area contributed by atoms with Gasteiger partial charge in [0, 0.05) is 44.6 Å². The molecule has 0 saturated carbocycles. The molecule has 2 rings (SSSR count). The number of carbonyl (C=O) groups is 1. The molecule has 0 bridgehead atoms. The molecule has 5 heteroatoms. The third kappa shape index (κ3) is 3.34. The molecule has 1 atom stereocenters. The van der Waals surface area contributed by atoms with Gasteiger partial charge in [0.2, 0.25) is 0 Å². The van der Waals surface area contributed by atoms with Crippen LogP contribution in [0.1, 0.15) is 24.9 Å². The van der Waals surface area contributed by atoms with Crippen LogP contribution < -0.4 is 0 Å². The van der Waals surface area contributed by atoms with Gasteiger partial charge in [-0.1, -0.05) is 0 Å². The molecule has 1 aliphatic rings. The van der Waals surface area contributed by atoms with E-state index in [1.807, 2.05) is 17.3 Å². The van der Waals surface area contributed by atoms with E-state index in [1.54, 1.807) is 0 Å². The number of rotatable bonds is 4. The highest BCUT2D eigenvalue weighted by Gasteiger charge is 2.21. The summed E-state index contributed by atoms with van der Waals surface area (Å²) < 4.78 is 0. The fourth-order valence-electron chi connectivity index (χ4n) is 2.54. The first-order valence-corrected chi connectivity index (χ1v) is 6.47. The largest absolute Gasteiger partial charge is 0.480 e. The second kappa shape index (κ2) is 6.02. The van der Waals surface area contributed by atoms with Crippen LogP contribution in [0.5, 0.6) is 0 Å². The van der Waals surface area contributed by atoms with Crippen LogP contribution in [0.3, 0.4) is 0 Å². The Labute approximate surface area is 107 Å². The fourth-order valence-corrected chi connectivity index (χ4v) is 2.54. The van der Waals surface area contributed by atoms with Crippen LogP contribution in [-0.4, -0.2) is 58.6 Å². The molecule has 1 aliphatic heterocycles. The molecular formula is C13H21N3O2. The van der Waals surface area contributed by atoms with Crippen molar-refractivity contribution in [2.75, 3.05) is 32.7 Å². The second-order valence-corrected chi connectivity index (χ2v) is 4.88. The zero-order valence-corrected chi connectivity index (χ0v) is 10.8. The Balaban J connectivity index is 1.90. The average Bonchev–Trinajstić information content (AvgIpc) is 2.76. The molecule has 100 valence electrons. The van der Waals surface area contributed by atoms with Gasteiger partial charge in [-0.2, -0.15) is 0 Å². The summed E-state index contributed by atoms with van der Waals surface area (Å²) in [4.78, 5) is 18.2. The van der Waals surface area contributed by atoms with Crippen LogP contribution in [0.2, 0.25) is 0 Å². The average molecular weight is 251 g/mol. The predicted molar refractivity (Wildman–Crippen MR) is 69.5 cm³/mol. The summed E-state index contributed by atoms with van der Waals surface area (Å²) in [6.45, 7) is 6.04. The molecule has 1 fully saturated rings. The number of aromatic nitrogens is 1. The zero-order chi connectivity index (χ0) is 13.0. The predicted octanol–water partition coefficient (Wildman–Crippen LogP) is 1.17. The van der Waals surface area contributed by atoms with Gasteiger partial charge in [-0.25, -0.2) is 0 Å². The minimum absolute atomic E-state index is 0.159. The maximum atomic E-state index is 10.7. The Kier molecular flexibility index (Phi) is 4.38. The molecule has 0 aliphatic carbocycles. The number of hydrogen-bond donors (Lipinski definition) is 2. The molecule has 18 heavy (non-hydrogen) atoms. The molecule has 2 N–H and O–H groups in total. The van der Waals surface area contributed by atoms with E-state index in [2.05, 4.69) is 22.9 Å². The van der Waals surface area contributed by atoms with E-state index >= 15 is 0 Å². The number of aliphatic carboxylic acids is 1. The standard InChI is InChI=1S/C13H21N3O2/c1-11(12-3-4-14-9-12)16-6-2-5-15(7-8-16)10-13(17)18/h3-4,9,11,14H,2,5-8,10H2,1H3,(H,17,18). The summed E-state index contributed by atoms with van der Waals surface area (Å²) in [6.07, 6.45) is 5.01. The Morgan fingerprint density at radius 2 is 2.28 bits per heavy atom. The van der Waals surface area contributed by atoms with Gasteiger partial charge in [0.05, 0.1) is 6.54 Å². The number of nitrogens with one attached hydrogen (secondary N) is 1. The van der Waals surface area contributed by atoms with Crippen LogP contribution >= 0.6 is 0 Å². The SMILES string of the molecule is CC(c1cc[nH]c1)N1CCCN(CC(=O)O)CC1. The quantitative estimate of drug-likeness (QED) is 0.843. The van der Waals surface area contributed by atoms with Crippen molar-refractivity contribution < 1.29 is 9.90 Å². The van der Waals surface area contributed by atoms with Gasteiger partial charge in [0.1, 0.15) is 0 Å². The molecule has 2 heterocycles. The maximum Gasteiger partial charge on any atom is 0.317 e.